The van der Waals surface area contributed by atoms with Crippen LogP contribution in [-0.2, 0) is 0 Å². The Morgan fingerprint density at radius 1 is 1.13 bits per heavy atom. The fraction of sp³-hybridized carbons (Fsp3) is 0. The summed E-state index contributed by atoms with van der Waals surface area (Å²) < 4.78 is 13.6. The van der Waals surface area contributed by atoms with Gasteiger partial charge < -0.3 is 0 Å². The Hall–Kier alpha value is -2.10. The molecule has 15 heavy (non-hydrogen) atoms. The van der Waals surface area contributed by atoms with Crippen molar-refractivity contribution in [1.29, 1.82) is 0 Å². The third-order valence-electron chi connectivity index (χ3n) is 1.96. The molecule has 4 heteroatoms. The molecule has 3 nitrogen and oxygen atoms in total. The van der Waals surface area contributed by atoms with E-state index in [-0.39, 0.29) is 17.0 Å². The van der Waals surface area contributed by atoms with Crippen molar-refractivity contribution < 1.29 is 9.18 Å². The molecule has 74 valence electrons. The number of aldehydes is 1. The highest BCUT2D eigenvalue weighted by molar-refractivity contribution is 5.78. The van der Waals surface area contributed by atoms with Crippen molar-refractivity contribution in [3.05, 3.63) is 48.0 Å². The number of aromatic nitrogens is 2. The SMILES string of the molecule is O=Cc1cccc(-c2ncccn2)c1F. The summed E-state index contributed by atoms with van der Waals surface area (Å²) in [6.07, 6.45) is 3.52. The molecule has 0 atom stereocenters. The maximum Gasteiger partial charge on any atom is 0.162 e. The topological polar surface area (TPSA) is 42.9 Å². The highest BCUT2D eigenvalue weighted by Crippen LogP contribution is 2.20. The zero-order chi connectivity index (χ0) is 10.7. The first-order valence-corrected chi connectivity index (χ1v) is 4.34. The lowest BCUT2D eigenvalue weighted by Gasteiger charge is -2.02. The molecule has 0 N–H and O–H groups in total. The van der Waals surface area contributed by atoms with E-state index in [9.17, 15) is 9.18 Å². The summed E-state index contributed by atoms with van der Waals surface area (Å²) in [6, 6.07) is 6.19. The summed E-state index contributed by atoms with van der Waals surface area (Å²) in [7, 11) is 0. The van der Waals surface area contributed by atoms with Gasteiger partial charge in [-0.3, -0.25) is 4.79 Å². The summed E-state index contributed by atoms with van der Waals surface area (Å²) in [5.74, 6) is -0.308. The van der Waals surface area contributed by atoms with Crippen molar-refractivity contribution in [2.24, 2.45) is 0 Å². The Morgan fingerprint density at radius 3 is 2.53 bits per heavy atom. The minimum absolute atomic E-state index is 0.0138. The molecule has 2 aromatic rings. The van der Waals surface area contributed by atoms with Crippen molar-refractivity contribution in [2.45, 2.75) is 0 Å². The molecule has 0 bridgehead atoms. The van der Waals surface area contributed by atoms with Gasteiger partial charge in [0.15, 0.2) is 12.1 Å². The largest absolute Gasteiger partial charge is 0.298 e. The minimum Gasteiger partial charge on any atom is -0.298 e. The Labute approximate surface area is 85.6 Å². The van der Waals surface area contributed by atoms with Gasteiger partial charge >= 0.3 is 0 Å². The first-order valence-electron chi connectivity index (χ1n) is 4.34. The molecule has 0 unspecified atom stereocenters. The van der Waals surface area contributed by atoms with Crippen LogP contribution in [0.25, 0.3) is 11.4 Å². The smallest absolute Gasteiger partial charge is 0.162 e. The number of carbonyl (C=O) groups excluding carboxylic acids is 1. The van der Waals surface area contributed by atoms with Gasteiger partial charge in [0.05, 0.1) is 11.1 Å². The van der Waals surface area contributed by atoms with E-state index in [1.165, 1.54) is 24.5 Å². The van der Waals surface area contributed by atoms with Crippen LogP contribution in [0.1, 0.15) is 10.4 Å². The summed E-state index contributed by atoms with van der Waals surface area (Å²) >= 11 is 0. The van der Waals surface area contributed by atoms with Gasteiger partial charge in [0, 0.05) is 12.4 Å². The van der Waals surface area contributed by atoms with E-state index in [1.54, 1.807) is 12.1 Å². The molecule has 0 aliphatic heterocycles. The molecule has 1 aromatic heterocycles. The average molecular weight is 202 g/mol. The van der Waals surface area contributed by atoms with Crippen molar-refractivity contribution in [1.82, 2.24) is 9.97 Å². The molecular weight excluding hydrogens is 195 g/mol. The molecule has 1 heterocycles. The zero-order valence-electron chi connectivity index (χ0n) is 7.72. The fourth-order valence-electron chi connectivity index (χ4n) is 1.25. The highest BCUT2D eigenvalue weighted by Gasteiger charge is 2.10. The van der Waals surface area contributed by atoms with Gasteiger partial charge in [-0.2, -0.15) is 0 Å². The monoisotopic (exact) mass is 202 g/mol. The number of benzene rings is 1. The second-order valence-corrected chi connectivity index (χ2v) is 2.90. The maximum absolute atomic E-state index is 13.6. The average Bonchev–Trinajstić information content (AvgIpc) is 2.30. The zero-order valence-corrected chi connectivity index (χ0v) is 7.72. The van der Waals surface area contributed by atoms with Crippen LogP contribution in [-0.4, -0.2) is 16.3 Å². The van der Waals surface area contributed by atoms with Crippen LogP contribution < -0.4 is 0 Å². The highest BCUT2D eigenvalue weighted by atomic mass is 19.1. The van der Waals surface area contributed by atoms with Gasteiger partial charge in [-0.05, 0) is 18.2 Å². The van der Waals surface area contributed by atoms with Gasteiger partial charge in [0.2, 0.25) is 0 Å². The van der Waals surface area contributed by atoms with Crippen molar-refractivity contribution in [3.63, 3.8) is 0 Å². The lowest BCUT2D eigenvalue weighted by Crippen LogP contribution is -1.94. The second-order valence-electron chi connectivity index (χ2n) is 2.90. The second kappa shape index (κ2) is 3.96. The van der Waals surface area contributed by atoms with Crippen LogP contribution in [0.3, 0.4) is 0 Å². The lowest BCUT2D eigenvalue weighted by molar-refractivity contribution is 0.112. The van der Waals surface area contributed by atoms with E-state index >= 15 is 0 Å². The Kier molecular flexibility index (Phi) is 2.49. The molecule has 1 aromatic carbocycles. The van der Waals surface area contributed by atoms with Gasteiger partial charge in [-0.15, -0.1) is 0 Å². The number of halogens is 1. The van der Waals surface area contributed by atoms with Crippen LogP contribution in [0.15, 0.2) is 36.7 Å². The molecule has 0 aliphatic carbocycles. The van der Waals surface area contributed by atoms with Crippen LogP contribution in [0, 0.1) is 5.82 Å². The Morgan fingerprint density at radius 2 is 1.87 bits per heavy atom. The molecule has 0 saturated carbocycles. The van der Waals surface area contributed by atoms with Gasteiger partial charge in [-0.1, -0.05) is 6.07 Å². The molecule has 0 aliphatic rings. The van der Waals surface area contributed by atoms with Crippen molar-refractivity contribution in [3.8, 4) is 11.4 Å². The number of rotatable bonds is 2. The summed E-state index contributed by atoms with van der Waals surface area (Å²) in [5, 5.41) is 0. The molecular formula is C11H7FN2O. The predicted molar refractivity (Wildman–Crippen MR) is 52.8 cm³/mol. The molecule has 0 radical (unpaired) electrons. The van der Waals surface area contributed by atoms with E-state index in [0.717, 1.165) is 0 Å². The molecule has 2 rings (SSSR count). The summed E-state index contributed by atoms with van der Waals surface area (Å²) in [6.45, 7) is 0. The van der Waals surface area contributed by atoms with Crippen LogP contribution in [0.4, 0.5) is 4.39 Å². The van der Waals surface area contributed by atoms with Gasteiger partial charge in [0.1, 0.15) is 5.82 Å². The number of nitrogens with zero attached hydrogens (tertiary/aromatic N) is 2. The van der Waals surface area contributed by atoms with E-state index in [0.29, 0.717) is 6.29 Å². The minimum atomic E-state index is -0.585. The first kappa shape index (κ1) is 9.45. The van der Waals surface area contributed by atoms with E-state index in [1.807, 2.05) is 0 Å². The van der Waals surface area contributed by atoms with Crippen LogP contribution in [0.2, 0.25) is 0 Å². The molecule has 0 amide bonds. The van der Waals surface area contributed by atoms with E-state index in [2.05, 4.69) is 9.97 Å². The Balaban J connectivity index is 2.59. The molecule has 0 saturated heterocycles. The number of hydrogen-bond donors (Lipinski definition) is 0. The standard InChI is InChI=1S/C11H7FN2O/c12-10-8(7-15)3-1-4-9(10)11-13-5-2-6-14-11/h1-7H. The third-order valence-corrected chi connectivity index (χ3v) is 1.96. The normalized spacial score (nSPS) is 9.93. The molecule has 0 fully saturated rings. The van der Waals surface area contributed by atoms with Gasteiger partial charge in [0.25, 0.3) is 0 Å². The van der Waals surface area contributed by atoms with Gasteiger partial charge in [-0.25, -0.2) is 14.4 Å². The lowest BCUT2D eigenvalue weighted by atomic mass is 10.1. The fourth-order valence-corrected chi connectivity index (χ4v) is 1.25. The van der Waals surface area contributed by atoms with Crippen LogP contribution >= 0.6 is 0 Å². The summed E-state index contributed by atoms with van der Waals surface area (Å²) in [5.41, 5.74) is 0.250. The summed E-state index contributed by atoms with van der Waals surface area (Å²) in [4.78, 5) is 18.4. The maximum atomic E-state index is 13.6. The van der Waals surface area contributed by atoms with E-state index in [4.69, 9.17) is 0 Å². The predicted octanol–water partition coefficient (Wildman–Crippen LogP) is 2.10. The molecule has 0 spiro atoms. The number of carbonyl (C=O) groups is 1. The van der Waals surface area contributed by atoms with Crippen molar-refractivity contribution in [2.75, 3.05) is 0 Å². The first-order chi connectivity index (χ1) is 7.33. The Bertz CT molecular complexity index is 485. The van der Waals surface area contributed by atoms with E-state index < -0.39 is 5.82 Å². The van der Waals surface area contributed by atoms with Crippen LogP contribution in [0.5, 0.6) is 0 Å². The van der Waals surface area contributed by atoms with Crippen molar-refractivity contribution >= 4 is 6.29 Å². The number of hydrogen-bond acceptors (Lipinski definition) is 3. The quantitative estimate of drug-likeness (QED) is 0.700. The third kappa shape index (κ3) is 1.74.